The molecule has 1 unspecified atom stereocenters. The molecule has 1 fully saturated rings. The van der Waals surface area contributed by atoms with Gasteiger partial charge in [0, 0.05) is 44.0 Å². The minimum atomic E-state index is -0.344. The Labute approximate surface area is 164 Å². The summed E-state index contributed by atoms with van der Waals surface area (Å²) in [5.74, 6) is -0.344. The summed E-state index contributed by atoms with van der Waals surface area (Å²) in [5.41, 5.74) is 3.28. The molecule has 1 saturated heterocycles. The lowest BCUT2D eigenvalue weighted by molar-refractivity contribution is 0.0527. The van der Waals surface area contributed by atoms with Crippen molar-refractivity contribution in [3.05, 3.63) is 48.4 Å². The summed E-state index contributed by atoms with van der Waals surface area (Å²) in [7, 11) is 1.93. The quantitative estimate of drug-likeness (QED) is 0.686. The van der Waals surface area contributed by atoms with Crippen LogP contribution in [0, 0.1) is 0 Å². The van der Waals surface area contributed by atoms with Gasteiger partial charge in [-0.2, -0.15) is 5.10 Å². The molecule has 0 radical (unpaired) electrons. The molecule has 0 saturated carbocycles. The van der Waals surface area contributed by atoms with E-state index in [9.17, 15) is 4.79 Å². The van der Waals surface area contributed by atoms with E-state index in [1.54, 1.807) is 6.20 Å². The van der Waals surface area contributed by atoms with Crippen molar-refractivity contribution >= 4 is 28.2 Å². The number of rotatable bonds is 5. The summed E-state index contributed by atoms with van der Waals surface area (Å²) < 4.78 is 7.08. The van der Waals surface area contributed by atoms with E-state index in [1.807, 2.05) is 55.3 Å². The van der Waals surface area contributed by atoms with Gasteiger partial charge < -0.3 is 15.0 Å². The van der Waals surface area contributed by atoms with E-state index in [0.717, 1.165) is 48.2 Å². The van der Waals surface area contributed by atoms with E-state index >= 15 is 0 Å². The van der Waals surface area contributed by atoms with Crippen LogP contribution in [0.1, 0.15) is 30.1 Å². The predicted molar refractivity (Wildman–Crippen MR) is 110 cm³/mol. The number of ether oxygens (including phenoxy) is 1. The topological polar surface area (TPSA) is 72.3 Å². The average molecular weight is 379 g/mol. The molecule has 1 aromatic carbocycles. The van der Waals surface area contributed by atoms with Crippen LogP contribution in [0.15, 0.2) is 42.9 Å². The van der Waals surface area contributed by atoms with E-state index in [4.69, 9.17) is 4.74 Å². The van der Waals surface area contributed by atoms with Gasteiger partial charge in [0.15, 0.2) is 0 Å². The van der Waals surface area contributed by atoms with Crippen LogP contribution in [-0.2, 0) is 11.8 Å². The van der Waals surface area contributed by atoms with Gasteiger partial charge in [-0.25, -0.2) is 4.79 Å². The number of aromatic nitrogens is 3. The number of anilines is 2. The average Bonchev–Trinajstić information content (AvgIpc) is 3.15. The Morgan fingerprint density at radius 3 is 2.96 bits per heavy atom. The van der Waals surface area contributed by atoms with E-state index in [-0.39, 0.29) is 12.0 Å². The van der Waals surface area contributed by atoms with E-state index in [1.165, 1.54) is 0 Å². The molecular weight excluding hydrogens is 354 g/mol. The minimum Gasteiger partial charge on any atom is -0.462 e. The molecule has 7 nitrogen and oxygen atoms in total. The highest BCUT2D eigenvalue weighted by Crippen LogP contribution is 2.29. The number of nitrogens with one attached hydrogen (secondary N) is 1. The van der Waals surface area contributed by atoms with Crippen LogP contribution in [0.2, 0.25) is 0 Å². The Bertz CT molecular complexity index is 984. The maximum atomic E-state index is 12.5. The highest BCUT2D eigenvalue weighted by molar-refractivity contribution is 6.05. The number of hydrogen-bond acceptors (Lipinski definition) is 6. The number of carbonyl (C=O) groups excluding carboxylic acids is 1. The molecule has 0 aliphatic carbocycles. The van der Waals surface area contributed by atoms with Gasteiger partial charge in [0.05, 0.1) is 29.7 Å². The Hall–Kier alpha value is -3.09. The number of carbonyl (C=O) groups is 1. The molecule has 0 bridgehead atoms. The second kappa shape index (κ2) is 7.88. The maximum Gasteiger partial charge on any atom is 0.341 e. The zero-order chi connectivity index (χ0) is 19.5. The lowest BCUT2D eigenvalue weighted by Gasteiger charge is -2.34. The number of benzene rings is 1. The number of fused-ring (bicyclic) bond motifs is 1. The van der Waals surface area contributed by atoms with Crippen LogP contribution in [0.25, 0.3) is 10.9 Å². The fraction of sp³-hybridized carbons (Fsp3) is 0.381. The van der Waals surface area contributed by atoms with Crippen LogP contribution in [0.3, 0.4) is 0 Å². The smallest absolute Gasteiger partial charge is 0.341 e. The molecule has 3 heterocycles. The van der Waals surface area contributed by atoms with Crippen molar-refractivity contribution in [2.24, 2.45) is 7.05 Å². The van der Waals surface area contributed by atoms with Gasteiger partial charge in [-0.15, -0.1) is 0 Å². The summed E-state index contributed by atoms with van der Waals surface area (Å²) in [6.45, 7) is 4.01. The molecule has 28 heavy (non-hydrogen) atoms. The van der Waals surface area contributed by atoms with Crippen molar-refractivity contribution in [3.63, 3.8) is 0 Å². The molecule has 3 aromatic rings. The first-order valence-electron chi connectivity index (χ1n) is 9.70. The van der Waals surface area contributed by atoms with Crippen molar-refractivity contribution in [1.29, 1.82) is 0 Å². The van der Waals surface area contributed by atoms with Crippen LogP contribution in [0.5, 0.6) is 0 Å². The van der Waals surface area contributed by atoms with E-state index in [2.05, 4.69) is 20.3 Å². The lowest BCUT2D eigenvalue weighted by atomic mass is 10.0. The predicted octanol–water partition coefficient (Wildman–Crippen LogP) is 3.23. The van der Waals surface area contributed by atoms with Gasteiger partial charge in [-0.3, -0.25) is 9.67 Å². The highest BCUT2D eigenvalue weighted by Gasteiger charge is 2.24. The molecule has 1 aliphatic heterocycles. The van der Waals surface area contributed by atoms with Crippen molar-refractivity contribution in [2.45, 2.75) is 25.8 Å². The Balaban J connectivity index is 1.64. The van der Waals surface area contributed by atoms with E-state index in [0.29, 0.717) is 12.2 Å². The normalized spacial score (nSPS) is 16.9. The summed E-state index contributed by atoms with van der Waals surface area (Å²) >= 11 is 0. The molecule has 1 aliphatic rings. The largest absolute Gasteiger partial charge is 0.462 e. The number of piperidine rings is 1. The number of esters is 1. The second-order valence-corrected chi connectivity index (χ2v) is 7.09. The van der Waals surface area contributed by atoms with Gasteiger partial charge in [-0.05, 0) is 25.8 Å². The molecular formula is C21H25N5O2. The van der Waals surface area contributed by atoms with Gasteiger partial charge in [0.25, 0.3) is 0 Å². The van der Waals surface area contributed by atoms with Crippen LogP contribution < -0.4 is 10.2 Å². The zero-order valence-electron chi connectivity index (χ0n) is 16.3. The molecule has 7 heteroatoms. The molecule has 4 rings (SSSR count). The first-order chi connectivity index (χ1) is 13.7. The maximum absolute atomic E-state index is 12.5. The van der Waals surface area contributed by atoms with Crippen LogP contribution in [-0.4, -0.2) is 46.5 Å². The molecule has 146 valence electrons. The lowest BCUT2D eigenvalue weighted by Crippen LogP contribution is -2.42. The first kappa shape index (κ1) is 18.3. The van der Waals surface area contributed by atoms with Crippen molar-refractivity contribution in [2.75, 3.05) is 29.9 Å². The first-order valence-corrected chi connectivity index (χ1v) is 9.70. The van der Waals surface area contributed by atoms with E-state index < -0.39 is 0 Å². The summed E-state index contributed by atoms with van der Waals surface area (Å²) in [6, 6.07) is 8.08. The van der Waals surface area contributed by atoms with Gasteiger partial charge in [0.1, 0.15) is 5.56 Å². The highest BCUT2D eigenvalue weighted by atomic mass is 16.5. The van der Waals surface area contributed by atoms with Gasteiger partial charge in [0.2, 0.25) is 0 Å². The van der Waals surface area contributed by atoms with Crippen molar-refractivity contribution in [3.8, 4) is 0 Å². The third-order valence-electron chi connectivity index (χ3n) is 5.10. The molecule has 1 atom stereocenters. The molecule has 0 amide bonds. The summed E-state index contributed by atoms with van der Waals surface area (Å²) in [5, 5.41) is 8.85. The van der Waals surface area contributed by atoms with Crippen LogP contribution in [0.4, 0.5) is 11.4 Å². The molecule has 0 spiro atoms. The fourth-order valence-electron chi connectivity index (χ4n) is 3.77. The monoisotopic (exact) mass is 379 g/mol. The Morgan fingerprint density at radius 1 is 1.32 bits per heavy atom. The number of pyridine rings is 1. The third kappa shape index (κ3) is 3.65. The van der Waals surface area contributed by atoms with Crippen LogP contribution >= 0.6 is 0 Å². The van der Waals surface area contributed by atoms with Crippen molar-refractivity contribution < 1.29 is 9.53 Å². The van der Waals surface area contributed by atoms with Gasteiger partial charge in [-0.1, -0.05) is 18.2 Å². The summed E-state index contributed by atoms with van der Waals surface area (Å²) in [6.07, 6.45) is 7.66. The minimum absolute atomic E-state index is 0.216. The Morgan fingerprint density at radius 2 is 2.18 bits per heavy atom. The standard InChI is InChI=1S/C21H25N5O2/c1-3-28-21(27)18-12-22-19-9-5-4-8-17(19)20(18)24-15-7-6-10-26(13-15)16-11-23-25(2)14-16/h4-5,8-9,11-12,14-15H,3,6-7,10,13H2,1-2H3,(H,22,24). The SMILES string of the molecule is CCOC(=O)c1cnc2ccccc2c1NC1CCCN(c2cnn(C)c2)C1. The molecule has 2 aromatic heterocycles. The zero-order valence-corrected chi connectivity index (χ0v) is 16.3. The third-order valence-corrected chi connectivity index (χ3v) is 5.10. The number of nitrogens with zero attached hydrogens (tertiary/aromatic N) is 4. The summed E-state index contributed by atoms with van der Waals surface area (Å²) in [4.78, 5) is 19.3. The second-order valence-electron chi connectivity index (χ2n) is 7.09. The number of aryl methyl sites for hydroxylation is 1. The number of hydrogen-bond donors (Lipinski definition) is 1. The van der Waals surface area contributed by atoms with Gasteiger partial charge >= 0.3 is 5.97 Å². The Kier molecular flexibility index (Phi) is 5.14. The fourth-order valence-corrected chi connectivity index (χ4v) is 3.77. The number of para-hydroxylation sites is 1. The van der Waals surface area contributed by atoms with Crippen molar-refractivity contribution in [1.82, 2.24) is 14.8 Å². The molecule has 1 N–H and O–H groups in total.